The lowest BCUT2D eigenvalue weighted by Crippen LogP contribution is -2.10. The Labute approximate surface area is 187 Å². The van der Waals surface area contributed by atoms with Crippen molar-refractivity contribution in [1.29, 1.82) is 0 Å². The minimum absolute atomic E-state index is 0.120. The van der Waals surface area contributed by atoms with Crippen LogP contribution in [-0.4, -0.2) is 5.78 Å². The zero-order valence-electron chi connectivity index (χ0n) is 19.1. The molecule has 0 heterocycles. The van der Waals surface area contributed by atoms with Crippen LogP contribution in [0.3, 0.4) is 0 Å². The fourth-order valence-electron chi connectivity index (χ4n) is 5.09. The van der Waals surface area contributed by atoms with Crippen molar-refractivity contribution in [3.63, 3.8) is 0 Å². The van der Waals surface area contributed by atoms with Gasteiger partial charge in [0.15, 0.2) is 5.78 Å². The summed E-state index contributed by atoms with van der Waals surface area (Å²) in [4.78, 5) is 13.1. The van der Waals surface area contributed by atoms with Gasteiger partial charge < -0.3 is 0 Å². The first-order chi connectivity index (χ1) is 15.0. The number of rotatable bonds is 7. The van der Waals surface area contributed by atoms with Gasteiger partial charge in [0.1, 0.15) is 0 Å². The molecule has 3 unspecified atom stereocenters. The summed E-state index contributed by atoms with van der Waals surface area (Å²) in [6, 6.07) is 25.5. The van der Waals surface area contributed by atoms with E-state index in [-0.39, 0.29) is 11.7 Å². The third kappa shape index (κ3) is 5.15. The van der Waals surface area contributed by atoms with Gasteiger partial charge in [0.2, 0.25) is 0 Å². The molecule has 0 N–H and O–H groups in total. The zero-order valence-corrected chi connectivity index (χ0v) is 19.1. The maximum absolute atomic E-state index is 13.1. The van der Waals surface area contributed by atoms with Crippen molar-refractivity contribution in [2.24, 2.45) is 5.92 Å². The van der Waals surface area contributed by atoms with E-state index in [0.29, 0.717) is 5.92 Å². The van der Waals surface area contributed by atoms with Gasteiger partial charge in [-0.2, -0.15) is 0 Å². The van der Waals surface area contributed by atoms with Crippen molar-refractivity contribution in [3.8, 4) is 0 Å². The number of aryl methyl sites for hydroxylation is 3. The number of carbonyl (C=O) groups excluding carboxylic acids is 1. The highest BCUT2D eigenvalue weighted by Crippen LogP contribution is 2.39. The molecule has 1 aliphatic rings. The number of hydrogen-bond donors (Lipinski definition) is 0. The molecule has 0 radical (unpaired) electrons. The van der Waals surface area contributed by atoms with E-state index in [1.54, 1.807) is 0 Å². The van der Waals surface area contributed by atoms with Crippen LogP contribution in [0.4, 0.5) is 0 Å². The van der Waals surface area contributed by atoms with Gasteiger partial charge in [-0.25, -0.2) is 0 Å². The zero-order chi connectivity index (χ0) is 21.8. The molecule has 0 aromatic heterocycles. The topological polar surface area (TPSA) is 17.1 Å². The van der Waals surface area contributed by atoms with Crippen molar-refractivity contribution >= 4 is 5.78 Å². The molecule has 4 rings (SSSR count). The van der Waals surface area contributed by atoms with Gasteiger partial charge in [-0.1, -0.05) is 93.1 Å². The maximum Gasteiger partial charge on any atom is 0.170 e. The molecule has 160 valence electrons. The van der Waals surface area contributed by atoms with Crippen molar-refractivity contribution in [3.05, 3.63) is 106 Å². The highest BCUT2D eigenvalue weighted by atomic mass is 16.1. The van der Waals surface area contributed by atoms with Gasteiger partial charge >= 0.3 is 0 Å². The number of hydrogen-bond acceptors (Lipinski definition) is 1. The molecule has 0 saturated heterocycles. The molecule has 1 fully saturated rings. The van der Waals surface area contributed by atoms with Crippen LogP contribution in [0, 0.1) is 12.8 Å². The summed E-state index contributed by atoms with van der Waals surface area (Å²) in [5.41, 5.74) is 7.39. The van der Waals surface area contributed by atoms with Gasteiger partial charge in [-0.05, 0) is 72.3 Å². The molecule has 0 spiro atoms. The van der Waals surface area contributed by atoms with Crippen LogP contribution in [0.2, 0.25) is 0 Å². The Morgan fingerprint density at radius 1 is 0.903 bits per heavy atom. The molecule has 1 aliphatic carbocycles. The summed E-state index contributed by atoms with van der Waals surface area (Å²) in [6.07, 6.45) is 5.95. The minimum atomic E-state index is -0.120. The number of carbonyl (C=O) groups is 1. The third-order valence-corrected chi connectivity index (χ3v) is 7.11. The first-order valence-electron chi connectivity index (χ1n) is 11.8. The summed E-state index contributed by atoms with van der Waals surface area (Å²) in [7, 11) is 0. The SMILES string of the molecule is Cc1cc(C(C)C(=O)c2ccc(CCc3ccccc3)cc2)ccc1C1CCC(C)C1. The smallest absolute Gasteiger partial charge is 0.170 e. The van der Waals surface area contributed by atoms with E-state index >= 15 is 0 Å². The van der Waals surface area contributed by atoms with E-state index in [9.17, 15) is 4.79 Å². The fraction of sp³-hybridized carbons (Fsp3) is 0.367. The monoisotopic (exact) mass is 410 g/mol. The molecular weight excluding hydrogens is 376 g/mol. The lowest BCUT2D eigenvalue weighted by Gasteiger charge is -2.17. The average Bonchev–Trinajstić information content (AvgIpc) is 3.23. The van der Waals surface area contributed by atoms with Crippen molar-refractivity contribution in [2.45, 2.75) is 64.7 Å². The average molecular weight is 411 g/mol. The van der Waals surface area contributed by atoms with Crippen LogP contribution in [-0.2, 0) is 12.8 Å². The Kier molecular flexibility index (Phi) is 6.70. The predicted octanol–water partition coefficient (Wildman–Crippen LogP) is 7.67. The second kappa shape index (κ2) is 9.64. The Morgan fingerprint density at radius 2 is 1.58 bits per heavy atom. The predicted molar refractivity (Wildman–Crippen MR) is 130 cm³/mol. The number of benzene rings is 3. The first-order valence-corrected chi connectivity index (χ1v) is 11.8. The Balaban J connectivity index is 1.41. The third-order valence-electron chi connectivity index (χ3n) is 7.11. The fourth-order valence-corrected chi connectivity index (χ4v) is 5.09. The van der Waals surface area contributed by atoms with E-state index in [2.05, 4.69) is 74.5 Å². The molecule has 3 aromatic carbocycles. The largest absolute Gasteiger partial charge is 0.294 e. The van der Waals surface area contributed by atoms with Crippen molar-refractivity contribution in [2.75, 3.05) is 0 Å². The molecule has 31 heavy (non-hydrogen) atoms. The van der Waals surface area contributed by atoms with Crippen molar-refractivity contribution < 1.29 is 4.79 Å². The summed E-state index contributed by atoms with van der Waals surface area (Å²) in [6.45, 7) is 6.61. The van der Waals surface area contributed by atoms with Gasteiger partial charge in [-0.3, -0.25) is 4.79 Å². The Morgan fingerprint density at radius 3 is 2.19 bits per heavy atom. The molecule has 0 aliphatic heterocycles. The van der Waals surface area contributed by atoms with Gasteiger partial charge in [0.25, 0.3) is 0 Å². The van der Waals surface area contributed by atoms with Crippen LogP contribution in [0.1, 0.15) is 83.1 Å². The summed E-state index contributed by atoms with van der Waals surface area (Å²) < 4.78 is 0. The summed E-state index contributed by atoms with van der Waals surface area (Å²) in [5.74, 6) is 1.61. The molecular formula is C30H34O. The molecule has 1 heteroatoms. The molecule has 3 aromatic rings. The van der Waals surface area contributed by atoms with Crippen molar-refractivity contribution in [1.82, 2.24) is 0 Å². The quantitative estimate of drug-likeness (QED) is 0.365. The van der Waals surface area contributed by atoms with E-state index in [4.69, 9.17) is 0 Å². The molecule has 1 nitrogen and oxygen atoms in total. The lowest BCUT2D eigenvalue weighted by atomic mass is 9.86. The maximum atomic E-state index is 13.1. The highest BCUT2D eigenvalue weighted by Gasteiger charge is 2.25. The van der Waals surface area contributed by atoms with Gasteiger partial charge in [-0.15, -0.1) is 0 Å². The van der Waals surface area contributed by atoms with E-state index in [0.717, 1.165) is 29.9 Å². The highest BCUT2D eigenvalue weighted by molar-refractivity contribution is 6.00. The summed E-state index contributed by atoms with van der Waals surface area (Å²) >= 11 is 0. The normalized spacial score (nSPS) is 19.3. The van der Waals surface area contributed by atoms with Gasteiger partial charge in [0, 0.05) is 11.5 Å². The van der Waals surface area contributed by atoms with E-state index < -0.39 is 0 Å². The number of ketones is 1. The second-order valence-electron chi connectivity index (χ2n) is 9.50. The number of Topliss-reactive ketones (excluding diaryl/α,β-unsaturated/α-hetero) is 1. The Hall–Kier alpha value is -2.67. The molecule has 0 bridgehead atoms. The van der Waals surface area contributed by atoms with Crippen LogP contribution >= 0.6 is 0 Å². The van der Waals surface area contributed by atoms with Crippen LogP contribution in [0.25, 0.3) is 0 Å². The second-order valence-corrected chi connectivity index (χ2v) is 9.50. The lowest BCUT2D eigenvalue weighted by molar-refractivity contribution is 0.0966. The van der Waals surface area contributed by atoms with E-state index in [1.807, 2.05) is 19.1 Å². The van der Waals surface area contributed by atoms with Crippen LogP contribution < -0.4 is 0 Å². The molecule has 1 saturated carbocycles. The van der Waals surface area contributed by atoms with Crippen LogP contribution in [0.5, 0.6) is 0 Å². The van der Waals surface area contributed by atoms with Crippen LogP contribution in [0.15, 0.2) is 72.8 Å². The Bertz CT molecular complexity index is 1020. The standard InChI is InChI=1S/C30H34O/c1-21-9-14-28(19-21)29-18-17-27(20-22(29)2)23(3)30(31)26-15-12-25(13-16-26)11-10-24-7-5-4-6-8-24/h4-8,12-13,15-18,20-21,23,28H,9-11,14,19H2,1-3H3. The molecule has 3 atom stereocenters. The summed E-state index contributed by atoms with van der Waals surface area (Å²) in [5, 5.41) is 0. The molecule has 0 amide bonds. The van der Waals surface area contributed by atoms with E-state index in [1.165, 1.54) is 41.5 Å². The first kappa shape index (κ1) is 21.6. The van der Waals surface area contributed by atoms with Gasteiger partial charge in [0.05, 0.1) is 0 Å². The minimum Gasteiger partial charge on any atom is -0.294 e.